The molecule has 2 aromatic heterocycles. The number of carbonyl (C=O) groups excluding carboxylic acids is 1. The van der Waals surface area contributed by atoms with Crippen molar-refractivity contribution in [2.24, 2.45) is 0 Å². The lowest BCUT2D eigenvalue weighted by molar-refractivity contribution is -0.274. The lowest BCUT2D eigenvalue weighted by Gasteiger charge is -2.13. The highest BCUT2D eigenvalue weighted by Crippen LogP contribution is 2.38. The zero-order valence-electron chi connectivity index (χ0n) is 19.6. The molecule has 0 aliphatic carbocycles. The van der Waals surface area contributed by atoms with Crippen molar-refractivity contribution in [1.29, 1.82) is 0 Å². The molecule has 0 saturated heterocycles. The van der Waals surface area contributed by atoms with Crippen LogP contribution in [0, 0.1) is 19.3 Å². The van der Waals surface area contributed by atoms with E-state index in [0.29, 0.717) is 11.3 Å². The van der Waals surface area contributed by atoms with Gasteiger partial charge in [0, 0.05) is 23.1 Å². The molecule has 2 heterocycles. The van der Waals surface area contributed by atoms with Crippen LogP contribution in [-0.2, 0) is 6.18 Å². The highest BCUT2D eigenvalue weighted by molar-refractivity contribution is 7.17. The third kappa shape index (κ3) is 6.82. The molecule has 4 rings (SSSR count). The van der Waals surface area contributed by atoms with Crippen molar-refractivity contribution in [3.63, 3.8) is 0 Å². The molecule has 0 aliphatic heterocycles. The summed E-state index contributed by atoms with van der Waals surface area (Å²) in [6.07, 6.45) is -3.55. The molecule has 0 unspecified atom stereocenters. The maximum absolute atomic E-state index is 13.9. The second kappa shape index (κ2) is 10.6. The lowest BCUT2D eigenvalue weighted by Crippen LogP contribution is -2.17. The van der Waals surface area contributed by atoms with Gasteiger partial charge in [0.25, 0.3) is 5.91 Å². The van der Waals surface area contributed by atoms with E-state index in [0.717, 1.165) is 41.8 Å². The number of anilines is 3. The lowest BCUT2D eigenvalue weighted by atomic mass is 10.2. The molecule has 0 atom stereocenters. The molecular weight excluding hydrogens is 548 g/mol. The van der Waals surface area contributed by atoms with Gasteiger partial charge in [0.1, 0.15) is 15.6 Å². The number of aromatic nitrogens is 3. The van der Waals surface area contributed by atoms with E-state index in [1.165, 1.54) is 6.92 Å². The Morgan fingerprint density at radius 3 is 2.38 bits per heavy atom. The second-order valence-corrected chi connectivity index (χ2v) is 8.76. The van der Waals surface area contributed by atoms with Gasteiger partial charge < -0.3 is 15.4 Å². The third-order valence-corrected chi connectivity index (χ3v) is 6.11. The van der Waals surface area contributed by atoms with Crippen LogP contribution in [0.15, 0.2) is 54.7 Å². The first-order chi connectivity index (χ1) is 18.3. The minimum absolute atomic E-state index is 0.0765. The summed E-state index contributed by atoms with van der Waals surface area (Å²) in [6, 6.07) is 10.7. The summed E-state index contributed by atoms with van der Waals surface area (Å²) >= 11 is 0.726. The summed E-state index contributed by atoms with van der Waals surface area (Å²) in [4.78, 5) is 24.4. The van der Waals surface area contributed by atoms with Gasteiger partial charge in [-0.05, 0) is 49.4 Å². The normalized spacial score (nSPS) is 11.5. The second-order valence-electron chi connectivity index (χ2n) is 7.76. The minimum Gasteiger partial charge on any atom is -0.406 e. The molecule has 14 heteroatoms. The first-order valence-corrected chi connectivity index (χ1v) is 11.6. The topological polar surface area (TPSA) is 89.0 Å². The zero-order chi connectivity index (χ0) is 28.4. The van der Waals surface area contributed by atoms with Gasteiger partial charge in [-0.2, -0.15) is 13.2 Å². The quantitative estimate of drug-likeness (QED) is 0.198. The Labute approximate surface area is 220 Å². The highest BCUT2D eigenvalue weighted by atomic mass is 32.1. The van der Waals surface area contributed by atoms with Crippen LogP contribution in [0.5, 0.6) is 5.75 Å². The molecule has 0 radical (unpaired) electrons. The van der Waals surface area contributed by atoms with E-state index in [9.17, 15) is 31.1 Å². The molecule has 2 aromatic carbocycles. The molecule has 1 amide bonds. The number of aryl methyl sites for hydroxylation is 1. The number of hydrogen-bond donors (Lipinski definition) is 2. The molecule has 4 aromatic rings. The fraction of sp³-hybridized carbons (Fsp3) is 0.120. The van der Waals surface area contributed by atoms with E-state index in [4.69, 9.17) is 6.42 Å². The van der Waals surface area contributed by atoms with E-state index < -0.39 is 41.4 Å². The van der Waals surface area contributed by atoms with Crippen molar-refractivity contribution < 1.29 is 35.9 Å². The number of terminal acetylenes is 1. The van der Waals surface area contributed by atoms with Crippen LogP contribution >= 0.6 is 11.3 Å². The molecule has 0 bridgehead atoms. The fourth-order valence-electron chi connectivity index (χ4n) is 3.28. The van der Waals surface area contributed by atoms with Crippen molar-refractivity contribution in [3.05, 3.63) is 76.6 Å². The molecule has 0 aliphatic rings. The van der Waals surface area contributed by atoms with Gasteiger partial charge in [-0.3, -0.25) is 4.79 Å². The molecule has 0 fully saturated rings. The number of amides is 1. The number of thiazole rings is 1. The largest absolute Gasteiger partial charge is 0.573 e. The number of benzene rings is 2. The van der Waals surface area contributed by atoms with Crippen LogP contribution in [0.2, 0.25) is 0 Å². The van der Waals surface area contributed by atoms with Gasteiger partial charge >= 0.3 is 12.5 Å². The Balaban J connectivity index is 1.59. The molecule has 2 N–H and O–H groups in total. The maximum Gasteiger partial charge on any atom is 0.573 e. The van der Waals surface area contributed by atoms with E-state index in [2.05, 4.69) is 36.2 Å². The van der Waals surface area contributed by atoms with Crippen LogP contribution < -0.4 is 15.4 Å². The highest BCUT2D eigenvalue weighted by Gasteiger charge is 2.38. The number of rotatable bonds is 6. The number of alkyl halides is 6. The Morgan fingerprint density at radius 2 is 1.74 bits per heavy atom. The summed E-state index contributed by atoms with van der Waals surface area (Å²) < 4.78 is 82.5. The Kier molecular flexibility index (Phi) is 7.46. The van der Waals surface area contributed by atoms with Gasteiger partial charge in [-0.15, -0.1) is 30.9 Å². The summed E-state index contributed by atoms with van der Waals surface area (Å²) in [5.41, 5.74) is -0.540. The van der Waals surface area contributed by atoms with Crippen LogP contribution in [0.4, 0.5) is 43.7 Å². The maximum atomic E-state index is 13.9. The van der Waals surface area contributed by atoms with Crippen molar-refractivity contribution in [3.8, 4) is 28.7 Å². The average Bonchev–Trinajstić information content (AvgIpc) is 3.25. The Hall–Kier alpha value is -4.64. The summed E-state index contributed by atoms with van der Waals surface area (Å²) in [6.45, 7) is 1.48. The van der Waals surface area contributed by atoms with Crippen LogP contribution in [0.1, 0.15) is 26.6 Å². The number of halogens is 6. The van der Waals surface area contributed by atoms with Gasteiger partial charge in [0.2, 0.25) is 5.95 Å². The molecular formula is C25H15F6N5O2S. The van der Waals surface area contributed by atoms with E-state index in [-0.39, 0.29) is 21.3 Å². The molecule has 200 valence electrons. The minimum atomic E-state index is -4.92. The van der Waals surface area contributed by atoms with Gasteiger partial charge in [-0.1, -0.05) is 12.0 Å². The number of hydrogen-bond acceptors (Lipinski definition) is 7. The van der Waals surface area contributed by atoms with E-state index in [1.54, 1.807) is 24.3 Å². The Bertz CT molecular complexity index is 1560. The first kappa shape index (κ1) is 27.4. The number of ether oxygens (including phenoxy) is 1. The van der Waals surface area contributed by atoms with E-state index >= 15 is 0 Å². The molecule has 0 spiro atoms. The zero-order valence-corrected chi connectivity index (χ0v) is 20.4. The van der Waals surface area contributed by atoms with Crippen LogP contribution in [-0.4, -0.2) is 27.2 Å². The number of nitrogens with zero attached hydrogens (tertiary/aromatic N) is 3. The molecule has 7 nitrogen and oxygen atoms in total. The van der Waals surface area contributed by atoms with Crippen LogP contribution in [0.25, 0.3) is 10.6 Å². The standard InChI is InChI=1S/C25H15F6N5O2S/c1-3-14-5-4-6-16(11-14)34-21(37)19-13(2)33-22(39-19)18-12-32-23(36-20(18)24(26,27)28)35-15-7-9-17(10-8-15)38-25(29,30)31/h1,4-12H,2H3,(H,34,37)(H,32,35,36). The average molecular weight is 563 g/mol. The monoisotopic (exact) mass is 563 g/mol. The van der Waals surface area contributed by atoms with Crippen LogP contribution in [0.3, 0.4) is 0 Å². The predicted molar refractivity (Wildman–Crippen MR) is 132 cm³/mol. The van der Waals surface area contributed by atoms with Gasteiger partial charge in [0.05, 0.1) is 11.3 Å². The SMILES string of the molecule is C#Cc1cccc(NC(=O)c2sc(-c3cnc(Nc4ccc(OC(F)(F)F)cc4)nc3C(F)(F)F)nc2C)c1. The van der Waals surface area contributed by atoms with Crippen molar-refractivity contribution in [1.82, 2.24) is 15.0 Å². The fourth-order valence-corrected chi connectivity index (χ4v) is 4.25. The number of carbonyl (C=O) groups is 1. The molecule has 39 heavy (non-hydrogen) atoms. The van der Waals surface area contributed by atoms with Gasteiger partial charge in [-0.25, -0.2) is 15.0 Å². The third-order valence-electron chi connectivity index (χ3n) is 4.92. The first-order valence-electron chi connectivity index (χ1n) is 10.8. The van der Waals surface area contributed by atoms with Crippen molar-refractivity contribution in [2.45, 2.75) is 19.5 Å². The predicted octanol–water partition coefficient (Wildman–Crippen LogP) is 6.80. The summed E-state index contributed by atoms with van der Waals surface area (Å²) in [7, 11) is 0. The summed E-state index contributed by atoms with van der Waals surface area (Å²) in [5, 5.41) is 5.00. The smallest absolute Gasteiger partial charge is 0.406 e. The Morgan fingerprint density at radius 1 is 1.03 bits per heavy atom. The summed E-state index contributed by atoms with van der Waals surface area (Å²) in [5.74, 6) is 0.874. The van der Waals surface area contributed by atoms with Crippen molar-refractivity contribution in [2.75, 3.05) is 10.6 Å². The number of nitrogens with one attached hydrogen (secondary N) is 2. The molecule has 0 saturated carbocycles. The van der Waals surface area contributed by atoms with E-state index in [1.807, 2.05) is 0 Å². The van der Waals surface area contributed by atoms with Crippen molar-refractivity contribution >= 4 is 34.6 Å². The van der Waals surface area contributed by atoms with Gasteiger partial charge in [0.15, 0.2) is 5.69 Å².